The van der Waals surface area contributed by atoms with Gasteiger partial charge in [0.15, 0.2) is 0 Å². The molecule has 2 aromatic rings. The van der Waals surface area contributed by atoms with Gasteiger partial charge in [-0.15, -0.1) is 0 Å². The zero-order valence-corrected chi connectivity index (χ0v) is 13.7. The molecular formula is C15H13BrClF2NO. The Kier molecular flexibility index (Phi) is 5.19. The summed E-state index contributed by atoms with van der Waals surface area (Å²) in [4.78, 5) is 0. The van der Waals surface area contributed by atoms with Crippen LogP contribution >= 0.6 is 27.5 Å². The van der Waals surface area contributed by atoms with Gasteiger partial charge in [0.25, 0.3) is 0 Å². The van der Waals surface area contributed by atoms with Gasteiger partial charge in [-0.1, -0.05) is 33.6 Å². The maximum Gasteiger partial charge on any atom is 0.137 e. The minimum Gasteiger partial charge on any atom is -0.495 e. The summed E-state index contributed by atoms with van der Waals surface area (Å²) >= 11 is 9.14. The van der Waals surface area contributed by atoms with Crippen molar-refractivity contribution in [1.82, 2.24) is 5.32 Å². The summed E-state index contributed by atoms with van der Waals surface area (Å²) in [6, 6.07) is 6.81. The smallest absolute Gasteiger partial charge is 0.137 e. The van der Waals surface area contributed by atoms with E-state index in [2.05, 4.69) is 21.2 Å². The van der Waals surface area contributed by atoms with Crippen molar-refractivity contribution >= 4 is 27.5 Å². The van der Waals surface area contributed by atoms with Crippen LogP contribution in [0.25, 0.3) is 0 Å². The van der Waals surface area contributed by atoms with Crippen LogP contribution in [0, 0.1) is 11.6 Å². The molecule has 0 amide bonds. The van der Waals surface area contributed by atoms with E-state index in [1.54, 1.807) is 25.2 Å². The summed E-state index contributed by atoms with van der Waals surface area (Å²) in [6.45, 7) is 0. The Balaban J connectivity index is 2.52. The quantitative estimate of drug-likeness (QED) is 0.835. The van der Waals surface area contributed by atoms with E-state index in [0.717, 1.165) is 0 Å². The first-order chi connectivity index (χ1) is 9.97. The van der Waals surface area contributed by atoms with Gasteiger partial charge in [-0.3, -0.25) is 0 Å². The summed E-state index contributed by atoms with van der Waals surface area (Å²) in [5.74, 6) is -0.756. The van der Waals surface area contributed by atoms with Crippen molar-refractivity contribution < 1.29 is 13.5 Å². The Bertz CT molecular complexity index is 643. The molecule has 112 valence electrons. The van der Waals surface area contributed by atoms with Crippen LogP contribution in [0.3, 0.4) is 0 Å². The molecule has 0 spiro atoms. The molecule has 0 heterocycles. The molecule has 0 saturated heterocycles. The second kappa shape index (κ2) is 6.73. The maximum atomic E-state index is 14.1. The van der Waals surface area contributed by atoms with E-state index in [4.69, 9.17) is 16.3 Å². The van der Waals surface area contributed by atoms with Crippen LogP contribution in [0.2, 0.25) is 5.02 Å². The Morgan fingerprint density at radius 3 is 2.29 bits per heavy atom. The van der Waals surface area contributed by atoms with Crippen LogP contribution in [0.15, 0.2) is 34.8 Å². The summed E-state index contributed by atoms with van der Waals surface area (Å²) in [5.41, 5.74) is 0.588. The third kappa shape index (κ3) is 3.36. The molecule has 2 rings (SSSR count). The number of hydrogen-bond acceptors (Lipinski definition) is 2. The van der Waals surface area contributed by atoms with E-state index in [0.29, 0.717) is 20.8 Å². The average Bonchev–Trinajstić information content (AvgIpc) is 2.42. The van der Waals surface area contributed by atoms with Gasteiger partial charge in [0.1, 0.15) is 17.4 Å². The molecule has 0 bridgehead atoms. The van der Waals surface area contributed by atoms with E-state index in [9.17, 15) is 8.78 Å². The van der Waals surface area contributed by atoms with E-state index in [1.165, 1.54) is 19.2 Å². The lowest BCUT2D eigenvalue weighted by molar-refractivity contribution is 0.414. The SMILES string of the molecule is CNC(c1ccc(OC)c(Cl)c1)c1c(F)cc(Br)cc1F. The average molecular weight is 377 g/mol. The van der Waals surface area contributed by atoms with Gasteiger partial charge in [0, 0.05) is 10.0 Å². The third-order valence-electron chi connectivity index (χ3n) is 3.13. The third-order valence-corrected chi connectivity index (χ3v) is 3.88. The number of ether oxygens (including phenoxy) is 1. The number of methoxy groups -OCH3 is 1. The molecule has 0 aromatic heterocycles. The summed E-state index contributed by atoms with van der Waals surface area (Å²) in [7, 11) is 3.13. The molecule has 0 aliphatic heterocycles. The van der Waals surface area contributed by atoms with Crippen molar-refractivity contribution in [2.45, 2.75) is 6.04 Å². The summed E-state index contributed by atoms with van der Waals surface area (Å²) in [6.07, 6.45) is 0. The van der Waals surface area contributed by atoms with Gasteiger partial charge in [-0.25, -0.2) is 8.78 Å². The van der Waals surface area contributed by atoms with Gasteiger partial charge in [0.05, 0.1) is 18.2 Å². The molecule has 21 heavy (non-hydrogen) atoms. The molecule has 1 unspecified atom stereocenters. The number of nitrogens with one attached hydrogen (secondary N) is 1. The van der Waals surface area contributed by atoms with Gasteiger partial charge in [-0.2, -0.15) is 0 Å². The van der Waals surface area contributed by atoms with Gasteiger partial charge >= 0.3 is 0 Å². The van der Waals surface area contributed by atoms with Crippen molar-refractivity contribution in [1.29, 1.82) is 0 Å². The van der Waals surface area contributed by atoms with Crippen LogP contribution in [-0.2, 0) is 0 Å². The van der Waals surface area contributed by atoms with Crippen molar-refractivity contribution in [3.63, 3.8) is 0 Å². The Morgan fingerprint density at radius 2 is 1.81 bits per heavy atom. The molecule has 0 aliphatic rings. The van der Waals surface area contributed by atoms with Crippen molar-refractivity contribution in [2.75, 3.05) is 14.2 Å². The monoisotopic (exact) mass is 375 g/mol. The Labute approximate surface area is 135 Å². The second-order valence-corrected chi connectivity index (χ2v) is 5.72. The first-order valence-corrected chi connectivity index (χ1v) is 7.30. The zero-order valence-electron chi connectivity index (χ0n) is 11.4. The van der Waals surface area contributed by atoms with E-state index < -0.39 is 17.7 Å². The van der Waals surface area contributed by atoms with Crippen molar-refractivity contribution in [3.05, 3.63) is 62.6 Å². The lowest BCUT2D eigenvalue weighted by Crippen LogP contribution is -2.20. The molecule has 2 nitrogen and oxygen atoms in total. The number of hydrogen-bond donors (Lipinski definition) is 1. The van der Waals surface area contributed by atoms with Crippen molar-refractivity contribution in [3.8, 4) is 5.75 Å². The largest absolute Gasteiger partial charge is 0.495 e. The highest BCUT2D eigenvalue weighted by atomic mass is 79.9. The van der Waals surface area contributed by atoms with Crippen LogP contribution in [0.1, 0.15) is 17.2 Å². The fraction of sp³-hybridized carbons (Fsp3) is 0.200. The Morgan fingerprint density at radius 1 is 1.19 bits per heavy atom. The molecule has 0 radical (unpaired) electrons. The minimum atomic E-state index is -0.651. The first-order valence-electron chi connectivity index (χ1n) is 6.13. The van der Waals surface area contributed by atoms with Crippen molar-refractivity contribution in [2.24, 2.45) is 0 Å². The number of halogens is 4. The molecular weight excluding hydrogens is 364 g/mol. The normalized spacial score (nSPS) is 12.3. The standard InChI is InChI=1S/C15H13BrClF2NO/c1-20-15(8-3-4-13(21-2)10(17)5-8)14-11(18)6-9(16)7-12(14)19/h3-7,15,20H,1-2H3. The van der Waals surface area contributed by atoms with Gasteiger partial charge in [-0.05, 0) is 36.9 Å². The van der Waals surface area contributed by atoms with E-state index >= 15 is 0 Å². The molecule has 0 fully saturated rings. The highest BCUT2D eigenvalue weighted by molar-refractivity contribution is 9.10. The van der Waals surface area contributed by atoms with Crippen LogP contribution in [-0.4, -0.2) is 14.2 Å². The molecule has 1 N–H and O–H groups in total. The predicted molar refractivity (Wildman–Crippen MR) is 83.0 cm³/mol. The second-order valence-electron chi connectivity index (χ2n) is 4.40. The first kappa shape index (κ1) is 16.2. The summed E-state index contributed by atoms with van der Waals surface area (Å²) in [5, 5.41) is 3.29. The summed E-state index contributed by atoms with van der Waals surface area (Å²) < 4.78 is 33.7. The van der Waals surface area contributed by atoms with Crippen LogP contribution in [0.5, 0.6) is 5.75 Å². The lowest BCUT2D eigenvalue weighted by atomic mass is 9.97. The molecule has 0 aliphatic carbocycles. The molecule has 2 aromatic carbocycles. The molecule has 0 saturated carbocycles. The topological polar surface area (TPSA) is 21.3 Å². The van der Waals surface area contributed by atoms with E-state index in [1.807, 2.05) is 0 Å². The molecule has 6 heteroatoms. The number of benzene rings is 2. The lowest BCUT2D eigenvalue weighted by Gasteiger charge is -2.19. The zero-order chi connectivity index (χ0) is 15.6. The fourth-order valence-electron chi connectivity index (χ4n) is 2.17. The van der Waals surface area contributed by atoms with E-state index in [-0.39, 0.29) is 5.56 Å². The highest BCUT2D eigenvalue weighted by Gasteiger charge is 2.22. The maximum absolute atomic E-state index is 14.1. The van der Waals surface area contributed by atoms with Gasteiger partial charge < -0.3 is 10.1 Å². The van der Waals surface area contributed by atoms with Crippen LogP contribution in [0.4, 0.5) is 8.78 Å². The highest BCUT2D eigenvalue weighted by Crippen LogP contribution is 2.33. The molecule has 1 atom stereocenters. The van der Waals surface area contributed by atoms with Gasteiger partial charge in [0.2, 0.25) is 0 Å². The number of rotatable bonds is 4. The fourth-order valence-corrected chi connectivity index (χ4v) is 2.84. The van der Waals surface area contributed by atoms with Crippen LogP contribution < -0.4 is 10.1 Å². The Hall–Kier alpha value is -1.17. The predicted octanol–water partition coefficient (Wildman–Crippen LogP) is 4.70. The minimum absolute atomic E-state index is 0.0538.